The summed E-state index contributed by atoms with van der Waals surface area (Å²) in [6.45, 7) is 9.74. The second-order valence-electron chi connectivity index (χ2n) is 8.61. The monoisotopic (exact) mass is 341 g/mol. The van der Waals surface area contributed by atoms with Gasteiger partial charge < -0.3 is 4.74 Å². The lowest BCUT2D eigenvalue weighted by atomic mass is 9.58. The molecule has 3 nitrogen and oxygen atoms in total. The Balaban J connectivity index is 1.65. The highest BCUT2D eigenvalue weighted by Gasteiger charge is 2.52. The topological polar surface area (TPSA) is 29.5 Å². The molecule has 4 rings (SSSR count). The summed E-state index contributed by atoms with van der Waals surface area (Å²) in [4.78, 5) is 15.8. The molecule has 0 unspecified atom stereocenters. The summed E-state index contributed by atoms with van der Waals surface area (Å²) in [5, 5.41) is 0. The maximum absolute atomic E-state index is 13.3. The molecule has 3 atom stereocenters. The molecule has 2 fully saturated rings. The second-order valence-corrected chi connectivity index (χ2v) is 8.61. The number of ether oxygens (including phenoxy) is 1. The molecule has 136 valence electrons. The Hall–Kier alpha value is -1.35. The van der Waals surface area contributed by atoms with Crippen LogP contribution in [0.25, 0.3) is 0 Å². The van der Waals surface area contributed by atoms with Crippen molar-refractivity contribution in [2.24, 2.45) is 11.8 Å². The Morgan fingerprint density at radius 1 is 1.32 bits per heavy atom. The highest BCUT2D eigenvalue weighted by atomic mass is 16.5. The van der Waals surface area contributed by atoms with E-state index in [9.17, 15) is 4.79 Å². The van der Waals surface area contributed by atoms with Crippen LogP contribution in [0.15, 0.2) is 18.2 Å². The van der Waals surface area contributed by atoms with Gasteiger partial charge in [0.2, 0.25) is 0 Å². The minimum atomic E-state index is 0.0682. The first kappa shape index (κ1) is 17.1. The van der Waals surface area contributed by atoms with E-state index in [-0.39, 0.29) is 11.5 Å². The van der Waals surface area contributed by atoms with Gasteiger partial charge in [-0.1, -0.05) is 27.2 Å². The van der Waals surface area contributed by atoms with Crippen LogP contribution in [0.1, 0.15) is 68.8 Å². The van der Waals surface area contributed by atoms with Crippen LogP contribution in [0.2, 0.25) is 0 Å². The van der Waals surface area contributed by atoms with Crippen LogP contribution in [0.3, 0.4) is 0 Å². The van der Waals surface area contributed by atoms with E-state index in [0.29, 0.717) is 11.7 Å². The molecule has 0 spiro atoms. The number of fused-ring (bicyclic) bond motifs is 4. The van der Waals surface area contributed by atoms with Crippen molar-refractivity contribution in [1.82, 2.24) is 4.90 Å². The van der Waals surface area contributed by atoms with Gasteiger partial charge in [0, 0.05) is 12.1 Å². The Morgan fingerprint density at radius 2 is 2.12 bits per heavy atom. The molecule has 1 aromatic carbocycles. The quantitative estimate of drug-likeness (QED) is 0.717. The summed E-state index contributed by atoms with van der Waals surface area (Å²) in [5.74, 6) is 2.46. The lowest BCUT2D eigenvalue weighted by molar-refractivity contribution is 0.0265. The van der Waals surface area contributed by atoms with E-state index in [1.165, 1.54) is 18.4 Å². The van der Waals surface area contributed by atoms with Crippen LogP contribution in [-0.2, 0) is 5.41 Å². The first-order valence-corrected chi connectivity index (χ1v) is 10.1. The number of piperidine rings is 1. The Labute approximate surface area is 151 Å². The fourth-order valence-electron chi connectivity index (χ4n) is 4.81. The van der Waals surface area contributed by atoms with E-state index in [4.69, 9.17) is 4.74 Å². The second kappa shape index (κ2) is 6.42. The van der Waals surface area contributed by atoms with Crippen molar-refractivity contribution in [3.63, 3.8) is 0 Å². The number of rotatable bonds is 6. The molecule has 3 heteroatoms. The minimum absolute atomic E-state index is 0.0682. The van der Waals surface area contributed by atoms with Crippen molar-refractivity contribution < 1.29 is 9.53 Å². The average molecular weight is 341 g/mol. The SMILES string of the molecule is CCCCOc1ccc2c(c1)[C@]1(C)CCN(CC3CC3)[C@H](C2=O)[C@@H]1C. The number of carbonyl (C=O) groups is 1. The Kier molecular flexibility index (Phi) is 4.39. The van der Waals surface area contributed by atoms with E-state index in [1.54, 1.807) is 0 Å². The number of likely N-dealkylation sites (tertiary alicyclic amines) is 1. The maximum Gasteiger partial charge on any atom is 0.180 e. The molecule has 0 amide bonds. The van der Waals surface area contributed by atoms with Crippen LogP contribution >= 0.6 is 0 Å². The van der Waals surface area contributed by atoms with Crippen molar-refractivity contribution in [2.45, 2.75) is 64.3 Å². The number of carbonyl (C=O) groups excluding carboxylic acids is 1. The molecule has 1 aromatic rings. The van der Waals surface area contributed by atoms with Gasteiger partial charge in [0.15, 0.2) is 5.78 Å². The van der Waals surface area contributed by atoms with Crippen LogP contribution in [0.5, 0.6) is 5.75 Å². The molecule has 1 saturated heterocycles. The number of hydrogen-bond acceptors (Lipinski definition) is 3. The van der Waals surface area contributed by atoms with Crippen molar-refractivity contribution in [2.75, 3.05) is 19.7 Å². The third-order valence-corrected chi connectivity index (χ3v) is 6.89. The van der Waals surface area contributed by atoms with Crippen molar-refractivity contribution in [1.29, 1.82) is 0 Å². The molecule has 0 aromatic heterocycles. The van der Waals surface area contributed by atoms with Crippen LogP contribution in [-0.4, -0.2) is 36.4 Å². The zero-order valence-electron chi connectivity index (χ0n) is 15.9. The fraction of sp³-hybridized carbons (Fsp3) is 0.682. The van der Waals surface area contributed by atoms with Crippen LogP contribution < -0.4 is 4.74 Å². The number of hydrogen-bond donors (Lipinski definition) is 0. The van der Waals surface area contributed by atoms with Gasteiger partial charge in [-0.2, -0.15) is 0 Å². The Morgan fingerprint density at radius 3 is 2.84 bits per heavy atom. The third-order valence-electron chi connectivity index (χ3n) is 6.89. The van der Waals surface area contributed by atoms with Gasteiger partial charge in [-0.05, 0) is 73.2 Å². The molecule has 1 saturated carbocycles. The highest BCUT2D eigenvalue weighted by molar-refractivity contribution is 6.03. The summed E-state index contributed by atoms with van der Waals surface area (Å²) < 4.78 is 5.93. The number of unbranched alkanes of at least 4 members (excludes halogenated alkanes) is 1. The third kappa shape index (κ3) is 2.91. The van der Waals surface area contributed by atoms with Gasteiger partial charge in [0.1, 0.15) is 5.75 Å². The van der Waals surface area contributed by atoms with Crippen molar-refractivity contribution in [3.05, 3.63) is 29.3 Å². The molecule has 3 aliphatic rings. The summed E-state index contributed by atoms with van der Waals surface area (Å²) in [5.41, 5.74) is 2.24. The van der Waals surface area contributed by atoms with E-state index in [2.05, 4.69) is 31.7 Å². The zero-order chi connectivity index (χ0) is 17.6. The number of ketones is 1. The molecular weight excluding hydrogens is 310 g/mol. The normalized spacial score (nSPS) is 31.7. The molecule has 0 N–H and O–H groups in total. The minimum Gasteiger partial charge on any atom is -0.494 e. The Bertz CT molecular complexity index is 666. The summed E-state index contributed by atoms with van der Waals surface area (Å²) >= 11 is 0. The smallest absolute Gasteiger partial charge is 0.180 e. The molecule has 25 heavy (non-hydrogen) atoms. The molecule has 1 heterocycles. The number of benzene rings is 1. The van der Waals surface area contributed by atoms with Crippen molar-refractivity contribution in [3.8, 4) is 5.75 Å². The standard InChI is InChI=1S/C22H31NO2/c1-4-5-12-25-17-8-9-18-19(13-17)22(3)10-11-23(14-16-6-7-16)20(15(22)2)21(18)24/h8-9,13,15-16,20H,4-7,10-12,14H2,1-3H3/t15-,20-,22+/m0/s1. The first-order valence-electron chi connectivity index (χ1n) is 10.1. The summed E-state index contributed by atoms with van der Waals surface area (Å²) in [6, 6.07) is 6.24. The van der Waals surface area contributed by atoms with Gasteiger partial charge in [0.25, 0.3) is 0 Å². The fourth-order valence-corrected chi connectivity index (χ4v) is 4.81. The van der Waals surface area contributed by atoms with E-state index >= 15 is 0 Å². The lowest BCUT2D eigenvalue weighted by Gasteiger charge is -2.53. The summed E-state index contributed by atoms with van der Waals surface area (Å²) in [7, 11) is 0. The van der Waals surface area contributed by atoms with Gasteiger partial charge in [-0.25, -0.2) is 0 Å². The largest absolute Gasteiger partial charge is 0.494 e. The van der Waals surface area contributed by atoms with Gasteiger partial charge in [0.05, 0.1) is 12.6 Å². The maximum atomic E-state index is 13.3. The number of Topliss-reactive ketones (excluding diaryl/α,β-unsaturated/α-hetero) is 1. The molecule has 1 aliphatic heterocycles. The molecule has 2 bridgehead atoms. The van der Waals surface area contributed by atoms with E-state index in [0.717, 1.165) is 56.2 Å². The summed E-state index contributed by atoms with van der Waals surface area (Å²) in [6.07, 6.45) is 6.03. The molecule has 2 aliphatic carbocycles. The van der Waals surface area contributed by atoms with Gasteiger partial charge in [-0.15, -0.1) is 0 Å². The predicted octanol–water partition coefficient (Wildman–Crippen LogP) is 4.44. The first-order chi connectivity index (χ1) is 12.0. The predicted molar refractivity (Wildman–Crippen MR) is 100 cm³/mol. The van der Waals surface area contributed by atoms with Crippen LogP contribution in [0, 0.1) is 11.8 Å². The highest BCUT2D eigenvalue weighted by Crippen LogP contribution is 2.50. The molecular formula is C22H31NO2. The van der Waals surface area contributed by atoms with E-state index in [1.807, 2.05) is 12.1 Å². The van der Waals surface area contributed by atoms with Gasteiger partial charge >= 0.3 is 0 Å². The van der Waals surface area contributed by atoms with Crippen molar-refractivity contribution >= 4 is 5.78 Å². The lowest BCUT2D eigenvalue weighted by Crippen LogP contribution is -2.61. The zero-order valence-corrected chi connectivity index (χ0v) is 15.9. The molecule has 0 radical (unpaired) electrons. The van der Waals surface area contributed by atoms with Crippen LogP contribution in [0.4, 0.5) is 0 Å². The van der Waals surface area contributed by atoms with E-state index < -0.39 is 0 Å². The average Bonchev–Trinajstić information content (AvgIpc) is 3.41. The van der Waals surface area contributed by atoms with Gasteiger partial charge in [-0.3, -0.25) is 9.69 Å². The number of nitrogens with zero attached hydrogens (tertiary/aromatic N) is 1.